The largest absolute Gasteiger partial charge is 0.481 e. The van der Waals surface area contributed by atoms with Gasteiger partial charge in [0.25, 0.3) is 5.56 Å². The molecule has 3 rings (SSSR count). The molecule has 0 unspecified atom stereocenters. The van der Waals surface area contributed by atoms with Gasteiger partial charge < -0.3 is 10.0 Å². The zero-order chi connectivity index (χ0) is 18.7. The average Bonchev–Trinajstić information content (AvgIpc) is 2.64. The minimum Gasteiger partial charge on any atom is -0.481 e. The Morgan fingerprint density at radius 1 is 1.15 bits per heavy atom. The lowest BCUT2D eigenvalue weighted by Crippen LogP contribution is -2.43. The van der Waals surface area contributed by atoms with Crippen molar-refractivity contribution in [2.45, 2.75) is 19.4 Å². The zero-order valence-electron chi connectivity index (χ0n) is 14.0. The molecule has 1 N–H and O–H groups in total. The maximum atomic E-state index is 12.5. The Labute approximate surface area is 154 Å². The third-order valence-corrected chi connectivity index (χ3v) is 4.83. The minimum atomic E-state index is -0.831. The van der Waals surface area contributed by atoms with Gasteiger partial charge in [-0.1, -0.05) is 29.8 Å². The Morgan fingerprint density at radius 3 is 2.50 bits per heavy atom. The zero-order valence-corrected chi connectivity index (χ0v) is 14.7. The van der Waals surface area contributed by atoms with E-state index in [0.717, 1.165) is 4.68 Å². The van der Waals surface area contributed by atoms with Crippen LogP contribution in [0.1, 0.15) is 12.8 Å². The van der Waals surface area contributed by atoms with Crippen LogP contribution in [-0.2, 0) is 16.1 Å². The van der Waals surface area contributed by atoms with Gasteiger partial charge in [0.15, 0.2) is 0 Å². The molecule has 1 saturated heterocycles. The highest BCUT2D eigenvalue weighted by molar-refractivity contribution is 6.33. The quantitative estimate of drug-likeness (QED) is 0.880. The molecule has 1 aliphatic heterocycles. The summed E-state index contributed by atoms with van der Waals surface area (Å²) in [7, 11) is 0. The van der Waals surface area contributed by atoms with Crippen LogP contribution in [-0.4, -0.2) is 44.8 Å². The van der Waals surface area contributed by atoms with Crippen LogP contribution in [0.3, 0.4) is 0 Å². The van der Waals surface area contributed by atoms with E-state index >= 15 is 0 Å². The Kier molecular flexibility index (Phi) is 5.37. The van der Waals surface area contributed by atoms with E-state index in [0.29, 0.717) is 42.2 Å². The highest BCUT2D eigenvalue weighted by atomic mass is 35.5. The maximum Gasteiger partial charge on any atom is 0.306 e. The fourth-order valence-corrected chi connectivity index (χ4v) is 3.21. The summed E-state index contributed by atoms with van der Waals surface area (Å²) in [5.41, 5.74) is 0.805. The van der Waals surface area contributed by atoms with Gasteiger partial charge in [-0.25, -0.2) is 4.68 Å². The molecule has 7 nitrogen and oxygen atoms in total. The summed E-state index contributed by atoms with van der Waals surface area (Å²) in [6.07, 6.45) is 0.839. The number of aromatic nitrogens is 2. The number of amides is 1. The Bertz CT molecular complexity index is 888. The van der Waals surface area contributed by atoms with Gasteiger partial charge >= 0.3 is 5.97 Å². The summed E-state index contributed by atoms with van der Waals surface area (Å²) >= 11 is 6.17. The fourth-order valence-electron chi connectivity index (χ4n) is 2.98. The number of rotatable bonds is 4. The highest BCUT2D eigenvalue weighted by Gasteiger charge is 2.27. The van der Waals surface area contributed by atoms with E-state index in [-0.39, 0.29) is 18.0 Å². The number of likely N-dealkylation sites (tertiary alicyclic amines) is 1. The van der Waals surface area contributed by atoms with E-state index in [2.05, 4.69) is 5.10 Å². The van der Waals surface area contributed by atoms with Crippen molar-refractivity contribution in [1.29, 1.82) is 0 Å². The van der Waals surface area contributed by atoms with Gasteiger partial charge in [-0.15, -0.1) is 0 Å². The van der Waals surface area contributed by atoms with Gasteiger partial charge in [0, 0.05) is 24.7 Å². The van der Waals surface area contributed by atoms with Crippen molar-refractivity contribution >= 4 is 23.5 Å². The van der Waals surface area contributed by atoms with E-state index in [1.165, 1.54) is 6.07 Å². The second kappa shape index (κ2) is 7.70. The van der Waals surface area contributed by atoms with Crippen LogP contribution in [0.5, 0.6) is 0 Å². The van der Waals surface area contributed by atoms with Gasteiger partial charge in [0.05, 0.1) is 16.6 Å². The van der Waals surface area contributed by atoms with Crippen LogP contribution in [0.2, 0.25) is 5.02 Å². The molecule has 26 heavy (non-hydrogen) atoms. The number of halogens is 1. The molecule has 8 heteroatoms. The summed E-state index contributed by atoms with van der Waals surface area (Å²) in [5, 5.41) is 13.8. The number of carbonyl (C=O) groups excluding carboxylic acids is 1. The lowest BCUT2D eigenvalue weighted by atomic mass is 9.97. The van der Waals surface area contributed by atoms with Crippen molar-refractivity contribution < 1.29 is 14.7 Å². The lowest BCUT2D eigenvalue weighted by molar-refractivity contribution is -0.145. The molecule has 0 bridgehead atoms. The standard InChI is InChI=1S/C18H18ClN3O4/c19-14-4-2-1-3-13(14)15-5-6-16(23)22(20-15)11-17(24)21-9-7-12(8-10-21)18(25)26/h1-6,12H,7-11H2,(H,25,26). The topological polar surface area (TPSA) is 92.5 Å². The predicted molar refractivity (Wildman–Crippen MR) is 95.9 cm³/mol. The van der Waals surface area contributed by atoms with E-state index in [1.54, 1.807) is 29.2 Å². The Hall–Kier alpha value is -2.67. The van der Waals surface area contributed by atoms with Gasteiger partial charge in [0.2, 0.25) is 5.91 Å². The van der Waals surface area contributed by atoms with Crippen molar-refractivity contribution in [2.75, 3.05) is 13.1 Å². The molecule has 1 amide bonds. The van der Waals surface area contributed by atoms with Crippen LogP contribution in [0, 0.1) is 5.92 Å². The lowest BCUT2D eigenvalue weighted by Gasteiger charge is -2.30. The Balaban J connectivity index is 1.75. The molecule has 2 aromatic rings. The molecule has 1 fully saturated rings. The summed E-state index contributed by atoms with van der Waals surface area (Å²) < 4.78 is 1.12. The SMILES string of the molecule is O=C(O)C1CCN(C(=O)Cn2nc(-c3ccccc3Cl)ccc2=O)CC1. The summed E-state index contributed by atoms with van der Waals surface area (Å²) in [6.45, 7) is 0.554. The van der Waals surface area contributed by atoms with E-state index in [4.69, 9.17) is 16.7 Å². The first-order chi connectivity index (χ1) is 12.5. The van der Waals surface area contributed by atoms with Crippen LogP contribution in [0.4, 0.5) is 0 Å². The summed E-state index contributed by atoms with van der Waals surface area (Å²) in [4.78, 5) is 37.1. The van der Waals surface area contributed by atoms with E-state index in [1.807, 2.05) is 6.07 Å². The summed E-state index contributed by atoms with van der Waals surface area (Å²) in [6, 6.07) is 10.1. The van der Waals surface area contributed by atoms with E-state index < -0.39 is 11.9 Å². The van der Waals surface area contributed by atoms with Crippen molar-refractivity contribution in [2.24, 2.45) is 5.92 Å². The summed E-state index contributed by atoms with van der Waals surface area (Å²) in [5.74, 6) is -1.49. The van der Waals surface area contributed by atoms with Crippen LogP contribution >= 0.6 is 11.6 Å². The smallest absolute Gasteiger partial charge is 0.306 e. The van der Waals surface area contributed by atoms with Gasteiger partial charge in [-0.2, -0.15) is 5.10 Å². The Morgan fingerprint density at radius 2 is 1.85 bits per heavy atom. The number of aliphatic carboxylic acids is 1. The normalized spacial score (nSPS) is 15.0. The monoisotopic (exact) mass is 375 g/mol. The van der Waals surface area contributed by atoms with Crippen LogP contribution in [0.25, 0.3) is 11.3 Å². The maximum absolute atomic E-state index is 12.5. The van der Waals surface area contributed by atoms with Crippen molar-refractivity contribution in [3.8, 4) is 11.3 Å². The van der Waals surface area contributed by atoms with Crippen LogP contribution < -0.4 is 5.56 Å². The third kappa shape index (κ3) is 3.94. The second-order valence-electron chi connectivity index (χ2n) is 6.19. The molecule has 1 aliphatic rings. The fraction of sp³-hybridized carbons (Fsp3) is 0.333. The molecule has 2 heterocycles. The average molecular weight is 376 g/mol. The van der Waals surface area contributed by atoms with Crippen LogP contribution in [0.15, 0.2) is 41.2 Å². The van der Waals surface area contributed by atoms with Gasteiger partial charge in [-0.05, 0) is 25.0 Å². The predicted octanol–water partition coefficient (Wildman–Crippen LogP) is 1.89. The van der Waals surface area contributed by atoms with Gasteiger partial charge in [0.1, 0.15) is 6.54 Å². The number of carboxylic acid groups (broad SMARTS) is 1. The van der Waals surface area contributed by atoms with Gasteiger partial charge in [-0.3, -0.25) is 14.4 Å². The molecule has 0 saturated carbocycles. The molecule has 0 atom stereocenters. The second-order valence-corrected chi connectivity index (χ2v) is 6.59. The number of carboxylic acids is 1. The number of benzene rings is 1. The minimum absolute atomic E-state index is 0.186. The first kappa shape index (κ1) is 18.1. The first-order valence-corrected chi connectivity index (χ1v) is 8.67. The van der Waals surface area contributed by atoms with E-state index in [9.17, 15) is 14.4 Å². The number of nitrogens with zero attached hydrogens (tertiary/aromatic N) is 3. The number of hydrogen-bond acceptors (Lipinski definition) is 4. The highest BCUT2D eigenvalue weighted by Crippen LogP contribution is 2.25. The van der Waals surface area contributed by atoms with Crippen molar-refractivity contribution in [3.63, 3.8) is 0 Å². The molecular weight excluding hydrogens is 358 g/mol. The van der Waals surface area contributed by atoms with Crippen molar-refractivity contribution in [3.05, 3.63) is 51.8 Å². The number of carbonyl (C=O) groups is 2. The third-order valence-electron chi connectivity index (χ3n) is 4.50. The van der Waals surface area contributed by atoms with Crippen molar-refractivity contribution in [1.82, 2.24) is 14.7 Å². The number of piperidine rings is 1. The number of hydrogen-bond donors (Lipinski definition) is 1. The molecule has 1 aromatic carbocycles. The molecular formula is C18H18ClN3O4. The molecule has 0 spiro atoms. The molecule has 0 aliphatic carbocycles. The molecule has 1 aromatic heterocycles. The molecule has 136 valence electrons. The molecule has 0 radical (unpaired) electrons. The first-order valence-electron chi connectivity index (χ1n) is 8.29.